The summed E-state index contributed by atoms with van der Waals surface area (Å²) < 4.78 is 19.1. The average Bonchev–Trinajstić information content (AvgIpc) is 2.82. The summed E-state index contributed by atoms with van der Waals surface area (Å²) in [6.07, 6.45) is 7.34. The number of hydrogen-bond donors (Lipinski definition) is 1. The lowest BCUT2D eigenvalue weighted by Crippen LogP contribution is -2.54. The van der Waals surface area contributed by atoms with Crippen molar-refractivity contribution in [1.29, 1.82) is 0 Å². The number of benzene rings is 1. The van der Waals surface area contributed by atoms with E-state index >= 15 is 0 Å². The lowest BCUT2D eigenvalue weighted by Gasteiger charge is -2.54. The summed E-state index contributed by atoms with van der Waals surface area (Å²) in [5, 5.41) is 2.97. The molecule has 2 fully saturated rings. The Hall–Kier alpha value is -2.38. The molecule has 1 spiro atoms. The van der Waals surface area contributed by atoms with Gasteiger partial charge in [-0.3, -0.25) is 4.90 Å². The van der Waals surface area contributed by atoms with Gasteiger partial charge in [-0.15, -0.1) is 0 Å². The van der Waals surface area contributed by atoms with Gasteiger partial charge in [0.15, 0.2) is 11.5 Å². The number of fused-ring (bicyclic) bond motifs is 3. The first-order valence-electron chi connectivity index (χ1n) is 12.2. The van der Waals surface area contributed by atoms with Crippen molar-refractivity contribution in [1.82, 2.24) is 14.9 Å². The first-order valence-corrected chi connectivity index (χ1v) is 12.2. The van der Waals surface area contributed by atoms with Crippen LogP contribution in [0.15, 0.2) is 30.6 Å². The molecular formula is C26H36N4O3. The fourth-order valence-corrected chi connectivity index (χ4v) is 5.76. The Labute approximate surface area is 196 Å². The van der Waals surface area contributed by atoms with Gasteiger partial charge < -0.3 is 19.5 Å². The number of aromatic nitrogens is 2. The lowest BCUT2D eigenvalue weighted by molar-refractivity contribution is -0.175. The van der Waals surface area contributed by atoms with Gasteiger partial charge in [-0.1, -0.05) is 12.1 Å². The molecule has 0 aliphatic carbocycles. The Balaban J connectivity index is 1.27. The van der Waals surface area contributed by atoms with Crippen LogP contribution < -0.4 is 14.8 Å². The van der Waals surface area contributed by atoms with E-state index in [-0.39, 0.29) is 17.1 Å². The van der Waals surface area contributed by atoms with Gasteiger partial charge in [0.25, 0.3) is 0 Å². The minimum Gasteiger partial charge on any atom is -0.490 e. The summed E-state index contributed by atoms with van der Waals surface area (Å²) in [5.74, 6) is 2.68. The highest BCUT2D eigenvalue weighted by molar-refractivity contribution is 5.50. The van der Waals surface area contributed by atoms with Gasteiger partial charge in [-0.05, 0) is 64.6 Å². The van der Waals surface area contributed by atoms with E-state index in [4.69, 9.17) is 14.2 Å². The number of piperidine rings is 1. The number of nitrogens with one attached hydrogen (secondary N) is 1. The molecule has 178 valence electrons. The molecule has 2 saturated heterocycles. The Morgan fingerprint density at radius 2 is 1.94 bits per heavy atom. The first-order chi connectivity index (χ1) is 15.9. The van der Waals surface area contributed by atoms with E-state index in [9.17, 15) is 0 Å². The largest absolute Gasteiger partial charge is 0.490 e. The van der Waals surface area contributed by atoms with E-state index in [0.29, 0.717) is 18.5 Å². The van der Waals surface area contributed by atoms with Crippen LogP contribution in [-0.2, 0) is 11.3 Å². The molecule has 3 aliphatic heterocycles. The lowest BCUT2D eigenvalue weighted by atomic mass is 9.64. The number of para-hydroxylation sites is 1. The van der Waals surface area contributed by atoms with E-state index < -0.39 is 0 Å². The third-order valence-corrected chi connectivity index (χ3v) is 7.71. The Morgan fingerprint density at radius 3 is 2.64 bits per heavy atom. The fraction of sp³-hybridized carbons (Fsp3) is 0.615. The highest BCUT2D eigenvalue weighted by Crippen LogP contribution is 2.57. The topological polar surface area (TPSA) is 68.7 Å². The highest BCUT2D eigenvalue weighted by Gasteiger charge is 2.53. The number of nitrogens with zero attached hydrogens (tertiary/aromatic N) is 3. The van der Waals surface area contributed by atoms with Crippen molar-refractivity contribution >= 4 is 5.95 Å². The van der Waals surface area contributed by atoms with Crippen LogP contribution in [0.4, 0.5) is 5.95 Å². The minimum absolute atomic E-state index is 0.0654. The van der Waals surface area contributed by atoms with Crippen molar-refractivity contribution in [3.05, 3.63) is 41.7 Å². The number of ether oxygens (including phenoxy) is 3. The first kappa shape index (κ1) is 22.4. The quantitative estimate of drug-likeness (QED) is 0.719. The average molecular weight is 453 g/mol. The summed E-state index contributed by atoms with van der Waals surface area (Å²) in [7, 11) is 1.84. The molecule has 3 aliphatic rings. The molecule has 1 aromatic carbocycles. The van der Waals surface area contributed by atoms with E-state index in [1.807, 2.05) is 32.4 Å². The second kappa shape index (κ2) is 8.76. The molecule has 1 N–H and O–H groups in total. The maximum atomic E-state index is 6.67. The summed E-state index contributed by atoms with van der Waals surface area (Å²) >= 11 is 0. The third kappa shape index (κ3) is 4.28. The minimum atomic E-state index is -0.304. The summed E-state index contributed by atoms with van der Waals surface area (Å²) in [5.41, 5.74) is 2.22. The van der Waals surface area contributed by atoms with Crippen molar-refractivity contribution in [2.75, 3.05) is 38.7 Å². The Kier molecular flexibility index (Phi) is 5.95. The van der Waals surface area contributed by atoms with Gasteiger partial charge in [-0.2, -0.15) is 0 Å². The van der Waals surface area contributed by atoms with Gasteiger partial charge in [0, 0.05) is 43.0 Å². The predicted molar refractivity (Wildman–Crippen MR) is 128 cm³/mol. The predicted octanol–water partition coefficient (Wildman–Crippen LogP) is 4.45. The molecule has 5 rings (SSSR count). The van der Waals surface area contributed by atoms with Crippen molar-refractivity contribution in [2.24, 2.45) is 11.3 Å². The SMILES string of the molecule is CCOc1cccc2c1OC(C)(C)[C@H]1CC3(CCN(Cc4cnc(NC)nc4)CC3)CO[C@H]21. The number of hydrogen-bond acceptors (Lipinski definition) is 7. The number of rotatable bonds is 5. The molecule has 7 heteroatoms. The molecule has 0 saturated carbocycles. The van der Waals surface area contributed by atoms with Crippen LogP contribution in [0.3, 0.4) is 0 Å². The van der Waals surface area contributed by atoms with Gasteiger partial charge in [0.05, 0.1) is 19.3 Å². The monoisotopic (exact) mass is 452 g/mol. The fourth-order valence-electron chi connectivity index (χ4n) is 5.76. The molecule has 0 bridgehead atoms. The molecule has 7 nitrogen and oxygen atoms in total. The van der Waals surface area contributed by atoms with E-state index in [2.05, 4.69) is 46.2 Å². The van der Waals surface area contributed by atoms with Crippen LogP contribution in [0, 0.1) is 11.3 Å². The third-order valence-electron chi connectivity index (χ3n) is 7.71. The standard InChI is InChI=1S/C26H36N4O3/c1-5-31-21-8-6-7-19-22-20(25(2,3)33-23(19)21)13-26(17-32-22)9-11-30(12-10-26)16-18-14-28-24(27-4)29-15-18/h6-8,14-15,20,22H,5,9-13,16-17H2,1-4H3,(H,27,28,29)/t20-,22+/m0/s1. The summed E-state index contributed by atoms with van der Waals surface area (Å²) in [6, 6.07) is 6.20. The number of anilines is 1. The zero-order chi connectivity index (χ0) is 23.1. The molecule has 2 atom stereocenters. The van der Waals surface area contributed by atoms with Gasteiger partial charge in [0.2, 0.25) is 5.95 Å². The molecule has 0 radical (unpaired) electrons. The van der Waals surface area contributed by atoms with Gasteiger partial charge in [-0.25, -0.2) is 9.97 Å². The molecule has 1 aromatic heterocycles. The maximum absolute atomic E-state index is 6.67. The van der Waals surface area contributed by atoms with Gasteiger partial charge in [0.1, 0.15) is 5.60 Å². The van der Waals surface area contributed by atoms with Crippen LogP contribution in [0.2, 0.25) is 0 Å². The molecular weight excluding hydrogens is 416 g/mol. The summed E-state index contributed by atoms with van der Waals surface area (Å²) in [6.45, 7) is 10.9. The molecule has 2 aromatic rings. The second-order valence-electron chi connectivity index (χ2n) is 10.3. The van der Waals surface area contributed by atoms with Gasteiger partial charge >= 0.3 is 0 Å². The maximum Gasteiger partial charge on any atom is 0.222 e. The van der Waals surface area contributed by atoms with Crippen molar-refractivity contribution in [2.45, 2.75) is 58.3 Å². The molecule has 0 amide bonds. The Bertz CT molecular complexity index is 970. The second-order valence-corrected chi connectivity index (χ2v) is 10.3. The normalized spacial score (nSPS) is 25.6. The Morgan fingerprint density at radius 1 is 1.18 bits per heavy atom. The highest BCUT2D eigenvalue weighted by atomic mass is 16.5. The van der Waals surface area contributed by atoms with Crippen molar-refractivity contribution in [3.8, 4) is 11.5 Å². The van der Waals surface area contributed by atoms with E-state index in [1.54, 1.807) is 0 Å². The van der Waals surface area contributed by atoms with Crippen LogP contribution in [-0.4, -0.2) is 53.8 Å². The smallest absolute Gasteiger partial charge is 0.222 e. The van der Waals surface area contributed by atoms with Crippen LogP contribution in [0.1, 0.15) is 57.3 Å². The van der Waals surface area contributed by atoms with Crippen LogP contribution >= 0.6 is 0 Å². The molecule has 33 heavy (non-hydrogen) atoms. The van der Waals surface area contributed by atoms with Crippen LogP contribution in [0.25, 0.3) is 0 Å². The van der Waals surface area contributed by atoms with Crippen molar-refractivity contribution in [3.63, 3.8) is 0 Å². The zero-order valence-electron chi connectivity index (χ0n) is 20.3. The molecule has 0 unspecified atom stereocenters. The zero-order valence-corrected chi connectivity index (χ0v) is 20.3. The van der Waals surface area contributed by atoms with Crippen LogP contribution in [0.5, 0.6) is 11.5 Å². The number of likely N-dealkylation sites (tertiary alicyclic amines) is 1. The van der Waals surface area contributed by atoms with Crippen molar-refractivity contribution < 1.29 is 14.2 Å². The molecule has 4 heterocycles. The summed E-state index contributed by atoms with van der Waals surface area (Å²) in [4.78, 5) is 11.2. The van der Waals surface area contributed by atoms with E-state index in [0.717, 1.165) is 68.1 Å². The van der Waals surface area contributed by atoms with E-state index in [1.165, 1.54) is 0 Å².